The monoisotopic (exact) mass is 823 g/mol. The molecule has 4 aliphatic rings. The van der Waals surface area contributed by atoms with Crippen molar-refractivity contribution in [3.63, 3.8) is 0 Å². The van der Waals surface area contributed by atoms with Gasteiger partial charge in [-0.1, -0.05) is 60.7 Å². The predicted molar refractivity (Wildman–Crippen MR) is 228 cm³/mol. The number of hydrogen-bond acceptors (Lipinski definition) is 9. The predicted octanol–water partition coefficient (Wildman–Crippen LogP) is 6.52. The molecule has 322 valence electrons. The Hall–Kier alpha value is -5.14. The molecular weight excluding hydrogens is 763 g/mol. The molecule has 1 N–H and O–H groups in total. The number of carbonyl (C=O) groups is 4. The topological polar surface area (TPSA) is 130 Å². The van der Waals surface area contributed by atoms with Crippen molar-refractivity contribution >= 4 is 29.7 Å². The molecule has 3 fully saturated rings. The van der Waals surface area contributed by atoms with E-state index in [1.807, 2.05) is 90.4 Å². The van der Waals surface area contributed by atoms with Crippen molar-refractivity contribution in [1.29, 1.82) is 0 Å². The number of aryl methyl sites for hydroxylation is 2. The lowest BCUT2D eigenvalue weighted by Crippen LogP contribution is -2.53. The second kappa shape index (κ2) is 20.4. The fourth-order valence-electron chi connectivity index (χ4n) is 9.25. The van der Waals surface area contributed by atoms with E-state index >= 15 is 0 Å². The Balaban J connectivity index is 0.973. The second-order valence-corrected chi connectivity index (χ2v) is 16.6. The summed E-state index contributed by atoms with van der Waals surface area (Å²) in [7, 11) is 0. The van der Waals surface area contributed by atoms with E-state index in [0.717, 1.165) is 84.4 Å². The number of esters is 1. The number of nitrogens with zero attached hydrogens (tertiary/aromatic N) is 4. The molecule has 4 heterocycles. The number of likely N-dealkylation sites (tertiary alicyclic amines) is 3. The maximum absolute atomic E-state index is 14.4. The summed E-state index contributed by atoms with van der Waals surface area (Å²) in [5.74, 6) is 0.304. The molecule has 3 aromatic carbocycles. The van der Waals surface area contributed by atoms with Gasteiger partial charge in [0.1, 0.15) is 19.0 Å². The molecule has 0 bridgehead atoms. The number of rotatable bonds is 13. The largest absolute Gasteiger partial charge is 0.488 e. The molecule has 0 saturated carbocycles. The van der Waals surface area contributed by atoms with Crippen LogP contribution in [0.25, 0.3) is 0 Å². The van der Waals surface area contributed by atoms with E-state index in [1.54, 1.807) is 11.8 Å². The summed E-state index contributed by atoms with van der Waals surface area (Å²) in [6.07, 6.45) is 4.16. The van der Waals surface area contributed by atoms with Gasteiger partial charge in [0.05, 0.1) is 12.7 Å². The van der Waals surface area contributed by atoms with E-state index < -0.39 is 12.2 Å². The molecule has 7 rings (SSSR count). The number of benzene rings is 3. The van der Waals surface area contributed by atoms with Gasteiger partial charge in [0.15, 0.2) is 6.10 Å². The van der Waals surface area contributed by atoms with Gasteiger partial charge in [-0.15, -0.1) is 0 Å². The lowest BCUT2D eigenvalue weighted by Gasteiger charge is -2.42. The lowest BCUT2D eigenvalue weighted by atomic mass is 9.97. The Kier molecular flexibility index (Phi) is 14.6. The van der Waals surface area contributed by atoms with Gasteiger partial charge in [-0.3, -0.25) is 4.79 Å². The van der Waals surface area contributed by atoms with Crippen molar-refractivity contribution in [3.8, 4) is 5.75 Å². The minimum atomic E-state index is -0.996. The Labute approximate surface area is 354 Å². The van der Waals surface area contributed by atoms with Crippen LogP contribution >= 0.6 is 0 Å². The van der Waals surface area contributed by atoms with Crippen LogP contribution < -0.4 is 10.1 Å². The van der Waals surface area contributed by atoms with E-state index in [1.165, 1.54) is 0 Å². The first-order valence-electron chi connectivity index (χ1n) is 21.8. The van der Waals surface area contributed by atoms with Crippen LogP contribution in [0.5, 0.6) is 5.75 Å². The van der Waals surface area contributed by atoms with Crippen molar-refractivity contribution in [2.24, 2.45) is 0 Å². The molecule has 60 heavy (non-hydrogen) atoms. The zero-order valence-electron chi connectivity index (χ0n) is 35.4. The molecule has 13 heteroatoms. The molecule has 0 aromatic heterocycles. The minimum absolute atomic E-state index is 0.00132. The zero-order chi connectivity index (χ0) is 42.0. The highest BCUT2D eigenvalue weighted by atomic mass is 16.6. The van der Waals surface area contributed by atoms with Crippen LogP contribution in [0.2, 0.25) is 0 Å². The van der Waals surface area contributed by atoms with Gasteiger partial charge in [0.2, 0.25) is 0 Å². The quantitative estimate of drug-likeness (QED) is 0.192. The summed E-state index contributed by atoms with van der Waals surface area (Å²) >= 11 is 0. The van der Waals surface area contributed by atoms with Crippen LogP contribution in [-0.2, 0) is 43.2 Å². The number of fused-ring (bicyclic) bond motifs is 1. The molecular formula is C47H61N5O8. The van der Waals surface area contributed by atoms with Gasteiger partial charge < -0.3 is 43.9 Å². The number of para-hydroxylation sites is 1. The highest BCUT2D eigenvalue weighted by molar-refractivity contribution is 5.91. The average molecular weight is 824 g/mol. The third-order valence-corrected chi connectivity index (χ3v) is 12.5. The highest BCUT2D eigenvalue weighted by Gasteiger charge is 2.37. The van der Waals surface area contributed by atoms with E-state index in [-0.39, 0.29) is 43.1 Å². The molecule has 0 radical (unpaired) electrons. The van der Waals surface area contributed by atoms with Crippen molar-refractivity contribution in [3.05, 3.63) is 94.5 Å². The van der Waals surface area contributed by atoms with Gasteiger partial charge in [-0.05, 0) is 99.6 Å². The summed E-state index contributed by atoms with van der Waals surface area (Å²) in [5.41, 5.74) is 5.86. The van der Waals surface area contributed by atoms with Crippen molar-refractivity contribution in [1.82, 2.24) is 19.6 Å². The van der Waals surface area contributed by atoms with Gasteiger partial charge in [-0.2, -0.15) is 0 Å². The summed E-state index contributed by atoms with van der Waals surface area (Å²) < 4.78 is 23.3. The molecule has 4 aliphatic heterocycles. The summed E-state index contributed by atoms with van der Waals surface area (Å²) in [6.45, 7) is 11.0. The number of anilines is 1. The number of amides is 4. The number of nitrogens with one attached hydrogen (secondary N) is 1. The molecule has 1 atom stereocenters. The van der Waals surface area contributed by atoms with E-state index in [2.05, 4.69) is 10.2 Å². The Morgan fingerprint density at radius 1 is 0.767 bits per heavy atom. The Morgan fingerprint density at radius 3 is 2.12 bits per heavy atom. The van der Waals surface area contributed by atoms with Crippen molar-refractivity contribution in [2.45, 2.75) is 103 Å². The lowest BCUT2D eigenvalue weighted by molar-refractivity contribution is -0.151. The Bertz CT molecular complexity index is 1910. The van der Waals surface area contributed by atoms with Crippen LogP contribution in [0.4, 0.5) is 15.3 Å². The van der Waals surface area contributed by atoms with Gasteiger partial charge in [-0.25, -0.2) is 14.4 Å². The third kappa shape index (κ3) is 11.0. The van der Waals surface area contributed by atoms with Crippen molar-refractivity contribution < 1.29 is 38.1 Å². The van der Waals surface area contributed by atoms with Gasteiger partial charge in [0.25, 0.3) is 5.91 Å². The molecule has 0 aliphatic carbocycles. The second-order valence-electron chi connectivity index (χ2n) is 16.6. The first kappa shape index (κ1) is 43.0. The molecule has 13 nitrogen and oxygen atoms in total. The number of urea groups is 1. The zero-order valence-corrected chi connectivity index (χ0v) is 35.4. The van der Waals surface area contributed by atoms with Crippen LogP contribution in [0.15, 0.2) is 66.7 Å². The van der Waals surface area contributed by atoms with E-state index in [4.69, 9.17) is 18.9 Å². The van der Waals surface area contributed by atoms with Crippen LogP contribution in [0, 0.1) is 13.8 Å². The molecule has 0 unspecified atom stereocenters. The number of piperidine rings is 3. The Morgan fingerprint density at radius 2 is 1.42 bits per heavy atom. The molecule has 3 saturated heterocycles. The fraction of sp³-hybridized carbons (Fsp3) is 0.532. The van der Waals surface area contributed by atoms with Gasteiger partial charge >= 0.3 is 18.1 Å². The summed E-state index contributed by atoms with van der Waals surface area (Å²) in [6, 6.07) is 22.2. The van der Waals surface area contributed by atoms with E-state index in [0.29, 0.717) is 64.8 Å². The maximum Gasteiger partial charge on any atom is 0.410 e. The summed E-state index contributed by atoms with van der Waals surface area (Å²) in [4.78, 5) is 61.3. The number of ether oxygens (including phenoxy) is 4. The SMILES string of the molecule is CCOC(=O)COC1CCN(C2CCN(C(=O)[C@@H](Cc3cc(C)c(OCc4ccccc4)c(C)c3)OC(=O)N3CCC(N4CCc5ccccc5NC4=O)CC3)CC2)CC1. The standard InChI is InChI=1S/C47H61N5O8/c1-4-57-43(53)32-58-40-19-25-49(26-20-40)38-15-21-50(22-16-38)45(54)42(30-36-28-33(2)44(34(3)29-36)59-31-35-10-6-5-7-11-35)60-47(56)51-23-17-39(18-24-51)52-27-14-37-12-8-9-13-41(37)48-46(52)55/h5-13,28-29,38-40,42H,4,14-27,30-32H2,1-3H3,(H,48,55)/t42-/m1/s1. The number of carbonyl (C=O) groups excluding carboxylic acids is 4. The minimum Gasteiger partial charge on any atom is -0.488 e. The normalized spacial score (nSPS) is 18.9. The van der Waals surface area contributed by atoms with E-state index in [9.17, 15) is 19.2 Å². The molecule has 0 spiro atoms. The molecule has 3 aromatic rings. The third-order valence-electron chi connectivity index (χ3n) is 12.5. The first-order chi connectivity index (χ1) is 29.1. The van der Waals surface area contributed by atoms with Crippen LogP contribution in [-0.4, -0.2) is 127 Å². The van der Waals surface area contributed by atoms with Gasteiger partial charge in [0, 0.05) is 70.0 Å². The smallest absolute Gasteiger partial charge is 0.410 e. The number of hydrogen-bond donors (Lipinski definition) is 1. The fourth-order valence-corrected chi connectivity index (χ4v) is 9.25. The first-order valence-corrected chi connectivity index (χ1v) is 21.8. The molecule has 4 amide bonds. The highest BCUT2D eigenvalue weighted by Crippen LogP contribution is 2.29. The van der Waals surface area contributed by atoms with Crippen molar-refractivity contribution in [2.75, 3.05) is 64.3 Å². The van der Waals surface area contributed by atoms with Crippen LogP contribution in [0.1, 0.15) is 73.3 Å². The summed E-state index contributed by atoms with van der Waals surface area (Å²) in [5, 5.41) is 3.07. The average Bonchev–Trinajstić information content (AvgIpc) is 3.43. The van der Waals surface area contributed by atoms with Crippen LogP contribution in [0.3, 0.4) is 0 Å². The maximum atomic E-state index is 14.4.